The molecule has 0 heterocycles. The van der Waals surface area contributed by atoms with Crippen LogP contribution in [0.4, 0.5) is 0 Å². The molecule has 2 aromatic carbocycles. The molecule has 2 rings (SSSR count). The number of sulfonamides is 1. The number of carbonyl (C=O) groups excluding carboxylic acids is 2. The fraction of sp³-hybridized carbons (Fsp3) is 0.222. The minimum atomic E-state index is -3.78. The minimum absolute atomic E-state index is 0.00869. The van der Waals surface area contributed by atoms with E-state index < -0.39 is 34.5 Å². The molecule has 1 amide bonds. The van der Waals surface area contributed by atoms with Gasteiger partial charge in [0.2, 0.25) is 10.0 Å². The van der Waals surface area contributed by atoms with E-state index in [1.54, 1.807) is 30.3 Å². The maximum atomic E-state index is 12.0. The maximum absolute atomic E-state index is 12.0. The fourth-order valence-electron chi connectivity index (χ4n) is 2.14. The van der Waals surface area contributed by atoms with Crippen molar-refractivity contribution in [2.45, 2.75) is 10.9 Å². The number of carbonyl (C=O) groups is 2. The van der Waals surface area contributed by atoms with E-state index in [4.69, 9.17) is 14.6 Å². The first-order valence-corrected chi connectivity index (χ1v) is 9.75. The van der Waals surface area contributed by atoms with E-state index in [9.17, 15) is 23.1 Å². The van der Waals surface area contributed by atoms with E-state index >= 15 is 0 Å². The van der Waals surface area contributed by atoms with Crippen molar-refractivity contribution in [3.63, 3.8) is 0 Å². The van der Waals surface area contributed by atoms with Gasteiger partial charge in [-0.05, 0) is 36.4 Å². The molecule has 2 aromatic rings. The number of aliphatic hydroxyl groups is 1. The predicted octanol–water partition coefficient (Wildman–Crippen LogP) is 0.0469. The van der Waals surface area contributed by atoms with Gasteiger partial charge in [-0.3, -0.25) is 4.79 Å². The zero-order valence-electron chi connectivity index (χ0n) is 14.8. The summed E-state index contributed by atoms with van der Waals surface area (Å²) in [6.45, 7) is -0.758. The van der Waals surface area contributed by atoms with Crippen LogP contribution in [0.25, 0.3) is 0 Å². The Balaban J connectivity index is 1.78. The minimum Gasteiger partial charge on any atom is -0.490 e. The smallest absolute Gasteiger partial charge is 0.331 e. The number of esters is 1. The van der Waals surface area contributed by atoms with Gasteiger partial charge in [0.05, 0.1) is 11.5 Å². The molecule has 1 unspecified atom stereocenters. The van der Waals surface area contributed by atoms with Crippen LogP contribution >= 0.6 is 0 Å². The molecule has 4 N–H and O–H groups in total. The molecule has 28 heavy (non-hydrogen) atoms. The zero-order valence-corrected chi connectivity index (χ0v) is 15.6. The van der Waals surface area contributed by atoms with Crippen LogP contribution in [-0.2, 0) is 19.6 Å². The number of hydrogen-bond donors (Lipinski definition) is 3. The standard InChI is InChI=1S/C18H20N2O7S/c19-28(24,25)15-8-6-14(7-9-15)26-10-11-27-18(23)16(12-21)20-17(22)13-4-2-1-3-5-13/h1-9,16,21H,10-12H2,(H,20,22)(H2,19,24,25). The molecular weight excluding hydrogens is 388 g/mol. The van der Waals surface area contributed by atoms with Crippen molar-refractivity contribution in [2.24, 2.45) is 5.14 Å². The highest BCUT2D eigenvalue weighted by molar-refractivity contribution is 7.89. The van der Waals surface area contributed by atoms with Gasteiger partial charge in [-0.15, -0.1) is 0 Å². The number of benzene rings is 2. The van der Waals surface area contributed by atoms with E-state index in [0.29, 0.717) is 11.3 Å². The molecule has 0 saturated carbocycles. The zero-order chi connectivity index (χ0) is 20.6. The van der Waals surface area contributed by atoms with Crippen LogP contribution in [-0.4, -0.2) is 51.3 Å². The van der Waals surface area contributed by atoms with Crippen molar-refractivity contribution in [1.82, 2.24) is 5.32 Å². The van der Waals surface area contributed by atoms with E-state index in [1.807, 2.05) is 0 Å². The van der Waals surface area contributed by atoms with Crippen LogP contribution in [0.15, 0.2) is 59.5 Å². The van der Waals surface area contributed by atoms with Crippen molar-refractivity contribution >= 4 is 21.9 Å². The monoisotopic (exact) mass is 408 g/mol. The second-order valence-electron chi connectivity index (χ2n) is 5.61. The number of nitrogens with one attached hydrogen (secondary N) is 1. The third-order valence-electron chi connectivity index (χ3n) is 3.56. The van der Waals surface area contributed by atoms with E-state index in [2.05, 4.69) is 5.32 Å². The first-order valence-electron chi connectivity index (χ1n) is 8.20. The molecule has 0 aliphatic heterocycles. The normalized spacial score (nSPS) is 12.1. The van der Waals surface area contributed by atoms with Crippen LogP contribution in [0, 0.1) is 0 Å². The molecule has 0 aromatic heterocycles. The molecule has 0 bridgehead atoms. The molecule has 0 fully saturated rings. The highest BCUT2D eigenvalue weighted by atomic mass is 32.2. The number of hydrogen-bond acceptors (Lipinski definition) is 7. The Bertz CT molecular complexity index is 899. The Labute approximate surface area is 162 Å². The summed E-state index contributed by atoms with van der Waals surface area (Å²) in [6.07, 6.45) is 0. The molecule has 0 aliphatic rings. The molecule has 9 nitrogen and oxygen atoms in total. The number of ether oxygens (including phenoxy) is 2. The summed E-state index contributed by atoms with van der Waals surface area (Å²) < 4.78 is 32.6. The molecule has 1 atom stereocenters. The summed E-state index contributed by atoms with van der Waals surface area (Å²) >= 11 is 0. The molecule has 150 valence electrons. The summed E-state index contributed by atoms with van der Waals surface area (Å²) in [5.74, 6) is -0.956. The topological polar surface area (TPSA) is 145 Å². The largest absolute Gasteiger partial charge is 0.490 e. The molecule has 0 aliphatic carbocycles. The van der Waals surface area contributed by atoms with E-state index in [-0.39, 0.29) is 18.1 Å². The Kier molecular flexibility index (Phi) is 7.50. The number of nitrogens with two attached hydrogens (primary N) is 1. The van der Waals surface area contributed by atoms with Crippen LogP contribution in [0.3, 0.4) is 0 Å². The summed E-state index contributed by atoms with van der Waals surface area (Å²) in [5.41, 5.74) is 0.347. The lowest BCUT2D eigenvalue weighted by molar-refractivity contribution is -0.147. The van der Waals surface area contributed by atoms with Crippen LogP contribution < -0.4 is 15.2 Å². The van der Waals surface area contributed by atoms with Crippen molar-refractivity contribution < 1.29 is 32.6 Å². The van der Waals surface area contributed by atoms with Crippen LogP contribution in [0.5, 0.6) is 5.75 Å². The molecule has 10 heteroatoms. The molecule has 0 spiro atoms. The maximum Gasteiger partial charge on any atom is 0.331 e. The highest BCUT2D eigenvalue weighted by Crippen LogP contribution is 2.14. The van der Waals surface area contributed by atoms with Gasteiger partial charge in [0.25, 0.3) is 5.91 Å². The Morgan fingerprint density at radius 3 is 2.25 bits per heavy atom. The number of primary sulfonamides is 1. The second-order valence-corrected chi connectivity index (χ2v) is 7.17. The summed E-state index contributed by atoms with van der Waals surface area (Å²) in [6, 6.07) is 12.4. The van der Waals surface area contributed by atoms with Crippen molar-refractivity contribution in [3.05, 3.63) is 60.2 Å². The van der Waals surface area contributed by atoms with Gasteiger partial charge in [-0.2, -0.15) is 0 Å². The Hall–Kier alpha value is -2.95. The summed E-state index contributed by atoms with van der Waals surface area (Å²) in [5, 5.41) is 16.7. The predicted molar refractivity (Wildman–Crippen MR) is 99.1 cm³/mol. The number of aliphatic hydroxyl groups excluding tert-OH is 1. The highest BCUT2D eigenvalue weighted by Gasteiger charge is 2.22. The molecule has 0 radical (unpaired) electrons. The molecule has 0 saturated heterocycles. The fourth-order valence-corrected chi connectivity index (χ4v) is 2.65. The first-order chi connectivity index (χ1) is 13.3. The average Bonchev–Trinajstić information content (AvgIpc) is 2.69. The molecular formula is C18H20N2O7S. The van der Waals surface area contributed by atoms with Gasteiger partial charge in [0.1, 0.15) is 19.0 Å². The third kappa shape index (κ3) is 6.34. The van der Waals surface area contributed by atoms with Gasteiger partial charge < -0.3 is 19.9 Å². The van der Waals surface area contributed by atoms with Gasteiger partial charge >= 0.3 is 5.97 Å². The number of rotatable bonds is 9. The quantitative estimate of drug-likeness (QED) is 0.392. The van der Waals surface area contributed by atoms with E-state index in [1.165, 1.54) is 24.3 Å². The van der Waals surface area contributed by atoms with Crippen molar-refractivity contribution in [3.8, 4) is 5.75 Å². The average molecular weight is 408 g/mol. The SMILES string of the molecule is NS(=O)(=O)c1ccc(OCCOC(=O)C(CO)NC(=O)c2ccccc2)cc1. The first kappa shape index (κ1) is 21.4. The Morgan fingerprint density at radius 2 is 1.68 bits per heavy atom. The van der Waals surface area contributed by atoms with E-state index in [0.717, 1.165) is 0 Å². The van der Waals surface area contributed by atoms with Crippen LogP contribution in [0.1, 0.15) is 10.4 Å². The van der Waals surface area contributed by atoms with Gasteiger partial charge in [-0.25, -0.2) is 18.4 Å². The Morgan fingerprint density at radius 1 is 1.04 bits per heavy atom. The van der Waals surface area contributed by atoms with Crippen LogP contribution in [0.2, 0.25) is 0 Å². The number of amides is 1. The lowest BCUT2D eigenvalue weighted by Crippen LogP contribution is -2.44. The van der Waals surface area contributed by atoms with Gasteiger partial charge in [0, 0.05) is 5.56 Å². The lowest BCUT2D eigenvalue weighted by Gasteiger charge is -2.15. The third-order valence-corrected chi connectivity index (χ3v) is 4.49. The second kappa shape index (κ2) is 9.83. The summed E-state index contributed by atoms with van der Waals surface area (Å²) in [4.78, 5) is 23.9. The van der Waals surface area contributed by atoms with Crippen molar-refractivity contribution in [2.75, 3.05) is 19.8 Å². The van der Waals surface area contributed by atoms with Crippen molar-refractivity contribution in [1.29, 1.82) is 0 Å². The van der Waals surface area contributed by atoms with Gasteiger partial charge in [0.15, 0.2) is 6.04 Å². The summed E-state index contributed by atoms with van der Waals surface area (Å²) in [7, 11) is -3.78. The lowest BCUT2D eigenvalue weighted by atomic mass is 10.2. The van der Waals surface area contributed by atoms with Gasteiger partial charge in [-0.1, -0.05) is 18.2 Å².